The molecule has 0 aliphatic carbocycles. The zero-order valence-corrected chi connectivity index (χ0v) is 15.8. The first kappa shape index (κ1) is 20.4. The van der Waals surface area contributed by atoms with E-state index in [9.17, 15) is 14.4 Å². The molecule has 2 rings (SSSR count). The van der Waals surface area contributed by atoms with Crippen molar-refractivity contribution in [3.63, 3.8) is 0 Å². The van der Waals surface area contributed by atoms with E-state index in [1.165, 1.54) is 44.6 Å². The second kappa shape index (κ2) is 9.12. The molecule has 0 aliphatic heterocycles. The number of amides is 1. The van der Waals surface area contributed by atoms with Crippen molar-refractivity contribution in [1.82, 2.24) is 0 Å². The molecule has 0 saturated carbocycles. The van der Waals surface area contributed by atoms with Crippen molar-refractivity contribution in [2.24, 2.45) is 0 Å². The van der Waals surface area contributed by atoms with Crippen LogP contribution in [0.25, 0.3) is 0 Å². The van der Waals surface area contributed by atoms with E-state index in [2.05, 4.69) is 10.6 Å². The number of carbonyl (C=O) groups is 1. The van der Waals surface area contributed by atoms with Crippen LogP contribution in [0.5, 0.6) is 11.5 Å². The third-order valence-electron chi connectivity index (χ3n) is 3.39. The van der Waals surface area contributed by atoms with Crippen LogP contribution in [0.15, 0.2) is 42.1 Å². The molecule has 0 heterocycles. The van der Waals surface area contributed by atoms with Gasteiger partial charge < -0.3 is 20.1 Å². The molecule has 0 saturated heterocycles. The molecule has 0 unspecified atom stereocenters. The Labute approximate surface area is 165 Å². The lowest BCUT2D eigenvalue weighted by Gasteiger charge is -2.10. The van der Waals surface area contributed by atoms with Crippen molar-refractivity contribution >= 4 is 40.5 Å². The monoisotopic (exact) mass is 409 g/mol. The minimum absolute atomic E-state index is 0.0779. The molecule has 9 heteroatoms. The largest absolute Gasteiger partial charge is 0.495 e. The summed E-state index contributed by atoms with van der Waals surface area (Å²) in [5.41, 5.74) is 0.302. The number of halogens is 3. The van der Waals surface area contributed by atoms with Gasteiger partial charge >= 0.3 is 0 Å². The summed E-state index contributed by atoms with van der Waals surface area (Å²) in [7, 11) is 2.76. The highest BCUT2D eigenvalue weighted by molar-refractivity contribution is 6.37. The molecule has 0 fully saturated rings. The molecule has 2 aromatic rings. The molecule has 0 bridgehead atoms. The molecule has 0 aliphatic rings. The third-order valence-corrected chi connectivity index (χ3v) is 4.00. The minimum Gasteiger partial charge on any atom is -0.495 e. The first-order chi connectivity index (χ1) is 12.9. The van der Waals surface area contributed by atoms with Crippen LogP contribution in [0, 0.1) is 17.1 Å². The molecular formula is C18H14Cl2FN3O3. The number of hydrogen-bond acceptors (Lipinski definition) is 5. The van der Waals surface area contributed by atoms with Crippen molar-refractivity contribution in [1.29, 1.82) is 5.26 Å². The van der Waals surface area contributed by atoms with Crippen LogP contribution >= 0.6 is 23.2 Å². The normalized spacial score (nSPS) is 10.7. The van der Waals surface area contributed by atoms with E-state index in [0.717, 1.165) is 6.20 Å². The Hall–Kier alpha value is -2.95. The maximum Gasteiger partial charge on any atom is 0.267 e. The Morgan fingerprint density at radius 2 is 1.85 bits per heavy atom. The lowest BCUT2D eigenvalue weighted by atomic mass is 10.2. The van der Waals surface area contributed by atoms with Crippen LogP contribution in [0.4, 0.5) is 15.8 Å². The number of ether oxygens (including phenoxy) is 2. The number of hydrogen-bond donors (Lipinski definition) is 2. The molecule has 0 aromatic heterocycles. The third kappa shape index (κ3) is 5.03. The molecule has 2 aromatic carbocycles. The number of nitrogens with zero attached hydrogens (tertiary/aromatic N) is 1. The Morgan fingerprint density at radius 3 is 2.44 bits per heavy atom. The Morgan fingerprint density at radius 1 is 1.15 bits per heavy atom. The molecule has 140 valence electrons. The first-order valence-electron chi connectivity index (χ1n) is 7.44. The second-order valence-corrected chi connectivity index (χ2v) is 5.90. The zero-order chi connectivity index (χ0) is 20.0. The number of rotatable bonds is 6. The zero-order valence-electron chi connectivity index (χ0n) is 14.3. The summed E-state index contributed by atoms with van der Waals surface area (Å²) in [4.78, 5) is 12.3. The summed E-state index contributed by atoms with van der Waals surface area (Å²) in [6, 6.07) is 8.72. The van der Waals surface area contributed by atoms with Gasteiger partial charge in [-0.2, -0.15) is 5.26 Å². The quantitative estimate of drug-likeness (QED) is 0.537. The number of nitriles is 1. The molecule has 2 N–H and O–H groups in total. The van der Waals surface area contributed by atoms with Gasteiger partial charge in [0.05, 0.1) is 30.0 Å². The van der Waals surface area contributed by atoms with E-state index in [-0.39, 0.29) is 27.1 Å². The van der Waals surface area contributed by atoms with E-state index in [1.54, 1.807) is 6.07 Å². The van der Waals surface area contributed by atoms with Gasteiger partial charge in [-0.3, -0.25) is 4.79 Å². The predicted molar refractivity (Wildman–Crippen MR) is 102 cm³/mol. The van der Waals surface area contributed by atoms with Gasteiger partial charge in [0.2, 0.25) is 0 Å². The first-order valence-corrected chi connectivity index (χ1v) is 8.20. The molecule has 6 nitrogen and oxygen atoms in total. The van der Waals surface area contributed by atoms with Crippen LogP contribution in [0.2, 0.25) is 10.0 Å². The number of methoxy groups -OCH3 is 2. The van der Waals surface area contributed by atoms with Gasteiger partial charge in [0.1, 0.15) is 17.4 Å². The van der Waals surface area contributed by atoms with Gasteiger partial charge in [-0.05, 0) is 18.2 Å². The van der Waals surface area contributed by atoms with Crippen LogP contribution in [-0.4, -0.2) is 20.1 Å². The maximum absolute atomic E-state index is 13.7. The Balaban J connectivity index is 2.17. The topological polar surface area (TPSA) is 83.4 Å². The van der Waals surface area contributed by atoms with E-state index >= 15 is 0 Å². The van der Waals surface area contributed by atoms with Crippen molar-refractivity contribution in [3.8, 4) is 17.6 Å². The Bertz CT molecular complexity index is 942. The predicted octanol–water partition coefficient (Wildman–Crippen LogP) is 4.61. The van der Waals surface area contributed by atoms with E-state index in [1.807, 2.05) is 0 Å². The van der Waals surface area contributed by atoms with E-state index in [4.69, 9.17) is 32.7 Å². The van der Waals surface area contributed by atoms with E-state index < -0.39 is 11.7 Å². The lowest BCUT2D eigenvalue weighted by molar-refractivity contribution is -0.112. The van der Waals surface area contributed by atoms with Crippen molar-refractivity contribution in [2.75, 3.05) is 24.9 Å². The smallest absolute Gasteiger partial charge is 0.267 e. The number of benzene rings is 2. The highest BCUT2D eigenvalue weighted by Gasteiger charge is 2.14. The van der Waals surface area contributed by atoms with Gasteiger partial charge in [-0.1, -0.05) is 23.2 Å². The van der Waals surface area contributed by atoms with Crippen LogP contribution in [0.3, 0.4) is 0 Å². The average molecular weight is 410 g/mol. The molecule has 0 spiro atoms. The fraction of sp³-hybridized carbons (Fsp3) is 0.111. The van der Waals surface area contributed by atoms with E-state index in [0.29, 0.717) is 11.4 Å². The summed E-state index contributed by atoms with van der Waals surface area (Å²) >= 11 is 12.0. The summed E-state index contributed by atoms with van der Waals surface area (Å²) in [6.45, 7) is 0. The minimum atomic E-state index is -0.717. The average Bonchev–Trinajstić information content (AvgIpc) is 2.64. The van der Waals surface area contributed by atoms with Crippen LogP contribution in [0.1, 0.15) is 0 Å². The van der Waals surface area contributed by atoms with Crippen molar-refractivity contribution in [2.45, 2.75) is 0 Å². The summed E-state index contributed by atoms with van der Waals surface area (Å²) in [5, 5.41) is 14.8. The van der Waals surface area contributed by atoms with Crippen molar-refractivity contribution in [3.05, 3.63) is 58.0 Å². The van der Waals surface area contributed by atoms with Gasteiger partial charge in [0, 0.05) is 24.0 Å². The maximum atomic E-state index is 13.7. The Kier molecular flexibility index (Phi) is 6.88. The van der Waals surface area contributed by atoms with Gasteiger partial charge in [-0.25, -0.2) is 4.39 Å². The second-order valence-electron chi connectivity index (χ2n) is 5.08. The molecule has 0 atom stereocenters. The summed E-state index contributed by atoms with van der Waals surface area (Å²) in [6.07, 6.45) is 1.15. The molecular weight excluding hydrogens is 396 g/mol. The number of nitrogens with one attached hydrogen (secondary N) is 2. The van der Waals surface area contributed by atoms with Gasteiger partial charge in [0.15, 0.2) is 11.6 Å². The molecule has 1 amide bonds. The summed E-state index contributed by atoms with van der Waals surface area (Å²) in [5.74, 6) is -0.913. The summed E-state index contributed by atoms with van der Waals surface area (Å²) < 4.78 is 23.6. The number of carbonyl (C=O) groups excluding carboxylic acids is 1. The van der Waals surface area contributed by atoms with Crippen LogP contribution in [-0.2, 0) is 4.79 Å². The lowest BCUT2D eigenvalue weighted by Crippen LogP contribution is -2.15. The fourth-order valence-corrected chi connectivity index (χ4v) is 2.54. The molecule has 0 radical (unpaired) electrons. The standard InChI is InChI=1S/C18H14Cl2FN3O3/c1-26-16-4-3-11(5-14(16)21)23-9-10(8-22)18(25)24-15-7-17(27-2)13(20)6-12(15)19/h3-7,9,23H,1-2H3,(H,24,25)/b10-9+. The molecule has 27 heavy (non-hydrogen) atoms. The fourth-order valence-electron chi connectivity index (χ4n) is 2.03. The number of anilines is 2. The van der Waals surface area contributed by atoms with Crippen molar-refractivity contribution < 1.29 is 18.7 Å². The highest BCUT2D eigenvalue weighted by Crippen LogP contribution is 2.34. The van der Waals surface area contributed by atoms with Gasteiger partial charge in [0.25, 0.3) is 5.91 Å². The van der Waals surface area contributed by atoms with Gasteiger partial charge in [-0.15, -0.1) is 0 Å². The SMILES string of the molecule is COc1ccc(N/C=C(\C#N)C(=O)Nc2cc(OC)c(Cl)cc2Cl)cc1F. The van der Waals surface area contributed by atoms with Crippen LogP contribution < -0.4 is 20.1 Å². The highest BCUT2D eigenvalue weighted by atomic mass is 35.5.